The van der Waals surface area contributed by atoms with Crippen LogP contribution in [0.4, 0.5) is 4.79 Å². The van der Waals surface area contributed by atoms with Gasteiger partial charge in [0, 0.05) is 31.6 Å². The van der Waals surface area contributed by atoms with Crippen LogP contribution in [0.2, 0.25) is 0 Å². The highest BCUT2D eigenvalue weighted by molar-refractivity contribution is 5.89. The van der Waals surface area contributed by atoms with Crippen LogP contribution in [0, 0.1) is 5.92 Å². The van der Waals surface area contributed by atoms with Gasteiger partial charge >= 0.3 is 12.1 Å². The van der Waals surface area contributed by atoms with Crippen LogP contribution in [0.3, 0.4) is 0 Å². The van der Waals surface area contributed by atoms with Crippen molar-refractivity contribution in [2.24, 2.45) is 5.92 Å². The average molecular weight is 560 g/mol. The Morgan fingerprint density at radius 2 is 1.60 bits per heavy atom. The van der Waals surface area contributed by atoms with E-state index in [1.807, 2.05) is 11.1 Å². The summed E-state index contributed by atoms with van der Waals surface area (Å²) in [6.07, 6.45) is -0.564. The van der Waals surface area contributed by atoms with Crippen LogP contribution in [-0.4, -0.2) is 43.8 Å². The molecule has 1 fully saturated rings. The molecule has 208 valence electrons. The summed E-state index contributed by atoms with van der Waals surface area (Å²) in [7, 11) is 1.33. The number of esters is 1. The van der Waals surface area contributed by atoms with Gasteiger partial charge in [-0.25, -0.2) is 14.6 Å². The van der Waals surface area contributed by atoms with Crippen molar-refractivity contribution in [2.75, 3.05) is 26.7 Å². The number of hydrogen-bond donors (Lipinski definition) is 2. The van der Waals surface area contributed by atoms with Crippen molar-refractivity contribution in [1.82, 2.24) is 15.8 Å². The average Bonchev–Trinajstić information content (AvgIpc) is 3.38. The van der Waals surface area contributed by atoms with Crippen LogP contribution >= 0.6 is 12.4 Å². The van der Waals surface area contributed by atoms with Crippen molar-refractivity contribution in [2.45, 2.75) is 18.9 Å². The first-order valence-corrected chi connectivity index (χ1v) is 13.2. The lowest BCUT2D eigenvalue weighted by Crippen LogP contribution is -2.42. The molecule has 5 rings (SSSR count). The number of hydrazine groups is 1. The maximum absolute atomic E-state index is 12.7. The fourth-order valence-electron chi connectivity index (χ4n) is 5.35. The number of methoxy groups -OCH3 is 1. The van der Waals surface area contributed by atoms with Crippen molar-refractivity contribution in [3.8, 4) is 5.75 Å². The molecule has 0 spiro atoms. The van der Waals surface area contributed by atoms with Crippen molar-refractivity contribution < 1.29 is 19.1 Å². The first-order chi connectivity index (χ1) is 19.0. The number of carbonyl (C=O) groups excluding carboxylic acids is 2. The van der Waals surface area contributed by atoms with E-state index in [0.29, 0.717) is 24.4 Å². The van der Waals surface area contributed by atoms with Gasteiger partial charge in [-0.15, -0.1) is 12.4 Å². The van der Waals surface area contributed by atoms with Gasteiger partial charge in [-0.2, -0.15) is 0 Å². The second-order valence-electron chi connectivity index (χ2n) is 9.90. The van der Waals surface area contributed by atoms with Crippen molar-refractivity contribution in [1.29, 1.82) is 0 Å². The highest BCUT2D eigenvalue weighted by Gasteiger charge is 2.35. The van der Waals surface area contributed by atoms with E-state index < -0.39 is 12.1 Å². The van der Waals surface area contributed by atoms with Crippen LogP contribution in [0.1, 0.15) is 40.4 Å². The summed E-state index contributed by atoms with van der Waals surface area (Å²) in [5.41, 5.74) is 5.82. The van der Waals surface area contributed by atoms with Gasteiger partial charge in [-0.05, 0) is 59.0 Å². The normalized spacial score (nSPS) is 17.6. The Bertz CT molecular complexity index is 1430. The van der Waals surface area contributed by atoms with Gasteiger partial charge in [-0.1, -0.05) is 72.8 Å². The summed E-state index contributed by atoms with van der Waals surface area (Å²) in [5.74, 6) is 0.438. The molecule has 0 saturated carbocycles. The number of hydrogen-bond acceptors (Lipinski definition) is 6. The molecular weight excluding hydrogens is 526 g/mol. The number of amides is 1. The lowest BCUT2D eigenvalue weighted by atomic mass is 9.88. The fourth-order valence-corrected chi connectivity index (χ4v) is 5.35. The molecule has 7 nitrogen and oxygen atoms in total. The Morgan fingerprint density at radius 3 is 2.35 bits per heavy atom. The van der Waals surface area contributed by atoms with Gasteiger partial charge in [0.25, 0.3) is 0 Å². The Morgan fingerprint density at radius 1 is 0.900 bits per heavy atom. The zero-order chi connectivity index (χ0) is 27.2. The maximum atomic E-state index is 12.7. The largest absolute Gasteiger partial charge is 0.465 e. The molecule has 4 aromatic carbocycles. The highest BCUT2D eigenvalue weighted by Crippen LogP contribution is 2.32. The third-order valence-electron chi connectivity index (χ3n) is 7.38. The van der Waals surface area contributed by atoms with Crippen molar-refractivity contribution >= 4 is 35.2 Å². The molecule has 2 N–H and O–H groups in total. The van der Waals surface area contributed by atoms with E-state index in [-0.39, 0.29) is 30.3 Å². The SMILES string of the molecule is COC(=O)c1ccc(OC(=O)NN2C[C@H](CN[C@H](C)c3cccc4ccccc34)[C@@H](c3ccccc3)C2)cc1.Cl. The minimum Gasteiger partial charge on any atom is -0.465 e. The van der Waals surface area contributed by atoms with Gasteiger partial charge in [0.05, 0.1) is 12.7 Å². The molecule has 4 aromatic rings. The second-order valence-corrected chi connectivity index (χ2v) is 9.90. The van der Waals surface area contributed by atoms with E-state index in [1.165, 1.54) is 29.0 Å². The zero-order valence-electron chi connectivity index (χ0n) is 22.6. The van der Waals surface area contributed by atoms with E-state index in [1.54, 1.807) is 24.3 Å². The molecule has 3 atom stereocenters. The summed E-state index contributed by atoms with van der Waals surface area (Å²) >= 11 is 0. The number of benzene rings is 4. The van der Waals surface area contributed by atoms with Gasteiger partial charge in [-0.3, -0.25) is 5.43 Å². The molecule has 0 bridgehead atoms. The molecule has 40 heavy (non-hydrogen) atoms. The summed E-state index contributed by atoms with van der Waals surface area (Å²) in [6.45, 7) is 4.36. The van der Waals surface area contributed by atoms with Crippen molar-refractivity contribution in [3.63, 3.8) is 0 Å². The van der Waals surface area contributed by atoms with E-state index in [2.05, 4.69) is 84.4 Å². The van der Waals surface area contributed by atoms with Crippen LogP contribution in [0.25, 0.3) is 10.8 Å². The number of ether oxygens (including phenoxy) is 2. The second kappa shape index (κ2) is 13.4. The summed E-state index contributed by atoms with van der Waals surface area (Å²) in [4.78, 5) is 24.3. The molecule has 0 aliphatic carbocycles. The van der Waals surface area contributed by atoms with Crippen LogP contribution in [-0.2, 0) is 4.74 Å². The third kappa shape index (κ3) is 6.80. The third-order valence-corrected chi connectivity index (χ3v) is 7.38. The lowest BCUT2D eigenvalue weighted by Gasteiger charge is -2.23. The van der Waals surface area contributed by atoms with Crippen LogP contribution in [0.15, 0.2) is 97.1 Å². The van der Waals surface area contributed by atoms with Crippen LogP contribution in [0.5, 0.6) is 5.75 Å². The lowest BCUT2D eigenvalue weighted by molar-refractivity contribution is 0.0600. The predicted octanol–water partition coefficient (Wildman–Crippen LogP) is 6.12. The smallest absolute Gasteiger partial charge is 0.427 e. The number of carbonyl (C=O) groups is 2. The zero-order valence-corrected chi connectivity index (χ0v) is 23.4. The van der Waals surface area contributed by atoms with E-state index >= 15 is 0 Å². The Kier molecular flexibility index (Phi) is 9.77. The fraction of sp³-hybridized carbons (Fsp3) is 0.250. The minimum absolute atomic E-state index is 0. The topological polar surface area (TPSA) is 79.9 Å². The molecule has 0 radical (unpaired) electrons. The number of nitrogens with one attached hydrogen (secondary N) is 2. The van der Waals surface area contributed by atoms with Crippen LogP contribution < -0.4 is 15.5 Å². The first kappa shape index (κ1) is 29.1. The Labute approximate surface area is 240 Å². The number of rotatable bonds is 8. The number of halogens is 1. The van der Waals surface area contributed by atoms with Gasteiger partial charge < -0.3 is 14.8 Å². The van der Waals surface area contributed by atoms with Gasteiger partial charge in [0.1, 0.15) is 5.75 Å². The molecule has 1 heterocycles. The Hall–Kier alpha value is -3.91. The maximum Gasteiger partial charge on any atom is 0.427 e. The molecule has 8 heteroatoms. The summed E-state index contributed by atoms with van der Waals surface area (Å²) in [6, 6.07) is 31.8. The molecule has 1 amide bonds. The number of fused-ring (bicyclic) bond motifs is 1. The van der Waals surface area contributed by atoms with E-state index in [9.17, 15) is 9.59 Å². The first-order valence-electron chi connectivity index (χ1n) is 13.2. The summed E-state index contributed by atoms with van der Waals surface area (Å²) in [5, 5.41) is 8.18. The predicted molar refractivity (Wildman–Crippen MR) is 159 cm³/mol. The molecule has 1 aliphatic rings. The molecular formula is C32H34ClN3O4. The van der Waals surface area contributed by atoms with E-state index in [0.717, 1.165) is 6.54 Å². The van der Waals surface area contributed by atoms with E-state index in [4.69, 9.17) is 9.47 Å². The van der Waals surface area contributed by atoms with Crippen molar-refractivity contribution in [3.05, 3.63) is 114 Å². The highest BCUT2D eigenvalue weighted by atomic mass is 35.5. The monoisotopic (exact) mass is 559 g/mol. The number of nitrogens with zero attached hydrogens (tertiary/aromatic N) is 1. The standard InChI is InChI=1S/C32H33N3O4.ClH/c1-22(28-14-8-12-23-11-6-7-13-29(23)28)33-19-26-20-35(21-30(26)24-9-4-3-5-10-24)34-32(37)39-27-17-15-25(16-18-27)31(36)38-2;/h3-18,22,26,30,33H,19-21H2,1-2H3,(H,34,37);1H/t22-,26+,30-;/m1./s1. The Balaban J connectivity index is 0.00000370. The molecule has 0 aromatic heterocycles. The van der Waals surface area contributed by atoms with Gasteiger partial charge in [0.15, 0.2) is 0 Å². The summed E-state index contributed by atoms with van der Waals surface area (Å²) < 4.78 is 10.2. The molecule has 1 saturated heterocycles. The quantitative estimate of drug-likeness (QED) is 0.253. The molecule has 0 unspecified atom stereocenters. The minimum atomic E-state index is -0.564. The van der Waals surface area contributed by atoms with Gasteiger partial charge in [0.2, 0.25) is 0 Å². The molecule has 1 aliphatic heterocycles.